The Balaban J connectivity index is 0. The van der Waals surface area contributed by atoms with Crippen molar-refractivity contribution in [2.24, 2.45) is 10.7 Å². The van der Waals surface area contributed by atoms with Crippen molar-refractivity contribution in [1.29, 1.82) is 0 Å². The lowest BCUT2D eigenvalue weighted by atomic mass is 10.2. The molecule has 4 N–H and O–H groups in total. The highest BCUT2D eigenvalue weighted by Crippen LogP contribution is 2.15. The van der Waals surface area contributed by atoms with Crippen molar-refractivity contribution in [1.82, 2.24) is 0 Å². The monoisotopic (exact) mass is 408 g/mol. The Morgan fingerprint density at radius 3 is 1.97 bits per heavy atom. The summed E-state index contributed by atoms with van der Waals surface area (Å²) in [4.78, 5) is 4.39. The Bertz CT molecular complexity index is 712. The number of nitrogens with two attached hydrogens (primary N) is 1. The van der Waals surface area contributed by atoms with E-state index in [4.69, 9.17) is 5.73 Å². The molecule has 0 aliphatic heterocycles. The molecular weight excluding hydrogens is 368 g/mol. The molecule has 30 heavy (non-hydrogen) atoms. The van der Waals surface area contributed by atoms with Crippen molar-refractivity contribution in [3.05, 3.63) is 97.7 Å². The minimum atomic E-state index is 0.711. The molecule has 0 unspecified atom stereocenters. The number of amidine groups is 1. The maximum Gasteiger partial charge on any atom is 0.126 e. The normalized spacial score (nSPS) is 10.0. The minimum Gasteiger partial charge on any atom is -0.402 e. The van der Waals surface area contributed by atoms with Crippen LogP contribution in [0.2, 0.25) is 0 Å². The summed E-state index contributed by atoms with van der Waals surface area (Å²) in [6.07, 6.45) is 3.59. The zero-order valence-electron chi connectivity index (χ0n) is 19.4. The first-order valence-electron chi connectivity index (χ1n) is 10.3. The molecule has 0 radical (unpaired) electrons. The van der Waals surface area contributed by atoms with Gasteiger partial charge in [-0.25, -0.2) is 0 Å². The summed E-state index contributed by atoms with van der Waals surface area (Å²) in [7, 11) is 0. The maximum absolute atomic E-state index is 5.73. The summed E-state index contributed by atoms with van der Waals surface area (Å²) >= 11 is 0. The first kappa shape index (κ1) is 28.9. The Morgan fingerprint density at radius 2 is 1.50 bits per heavy atom. The molecule has 0 spiro atoms. The van der Waals surface area contributed by atoms with Crippen LogP contribution in [0.1, 0.15) is 40.2 Å². The molecule has 0 amide bonds. The third kappa shape index (κ3) is 14.7. The second-order valence-electron chi connectivity index (χ2n) is 5.70. The van der Waals surface area contributed by atoms with Gasteiger partial charge in [-0.1, -0.05) is 50.3 Å². The molecule has 4 nitrogen and oxygen atoms in total. The van der Waals surface area contributed by atoms with Crippen LogP contribution in [0.5, 0.6) is 0 Å². The molecule has 0 aromatic heterocycles. The van der Waals surface area contributed by atoms with E-state index < -0.39 is 0 Å². The molecular formula is C26H40N4. The molecule has 2 aromatic rings. The highest BCUT2D eigenvalue weighted by atomic mass is 15.0. The zero-order chi connectivity index (χ0) is 23.2. The van der Waals surface area contributed by atoms with Crippen molar-refractivity contribution < 1.29 is 0 Å². The number of allylic oxidation sites excluding steroid dienone is 2. The zero-order valence-corrected chi connectivity index (χ0v) is 19.4. The van der Waals surface area contributed by atoms with Gasteiger partial charge in [0.15, 0.2) is 0 Å². The van der Waals surface area contributed by atoms with Crippen LogP contribution in [-0.4, -0.2) is 12.4 Å². The molecule has 2 rings (SSSR count). The van der Waals surface area contributed by atoms with Crippen LogP contribution in [0, 0.1) is 0 Å². The van der Waals surface area contributed by atoms with Gasteiger partial charge in [-0.15, -0.1) is 19.7 Å². The Labute approximate surface area is 184 Å². The highest BCUT2D eigenvalue weighted by Gasteiger charge is 1.98. The fourth-order valence-corrected chi connectivity index (χ4v) is 2.13. The topological polar surface area (TPSA) is 62.4 Å². The summed E-state index contributed by atoms with van der Waals surface area (Å²) < 4.78 is 0. The molecule has 0 saturated carbocycles. The molecule has 0 heterocycles. The largest absolute Gasteiger partial charge is 0.402 e. The van der Waals surface area contributed by atoms with E-state index in [9.17, 15) is 0 Å². The number of nitrogens with zero attached hydrogens (tertiary/aromatic N) is 1. The third-order valence-corrected chi connectivity index (χ3v) is 3.19. The van der Waals surface area contributed by atoms with Crippen LogP contribution < -0.4 is 16.4 Å². The van der Waals surface area contributed by atoms with E-state index in [2.05, 4.69) is 47.5 Å². The summed E-state index contributed by atoms with van der Waals surface area (Å²) in [5.41, 5.74) is 9.78. The summed E-state index contributed by atoms with van der Waals surface area (Å²) in [5, 5.41) is 6.69. The third-order valence-electron chi connectivity index (χ3n) is 3.19. The lowest BCUT2D eigenvalue weighted by Crippen LogP contribution is -2.12. The number of benzene rings is 2. The van der Waals surface area contributed by atoms with Gasteiger partial charge in [0.25, 0.3) is 0 Å². The highest BCUT2D eigenvalue weighted by molar-refractivity contribution is 6.04. The summed E-state index contributed by atoms with van der Waals surface area (Å²) in [6, 6.07) is 18.5. The van der Waals surface area contributed by atoms with Gasteiger partial charge in [-0.05, 0) is 56.7 Å². The fraction of sp³-hybridized carbons (Fsp3) is 0.269. The van der Waals surface area contributed by atoms with E-state index in [1.807, 2.05) is 83.2 Å². The van der Waals surface area contributed by atoms with Crippen molar-refractivity contribution in [2.45, 2.75) is 41.2 Å². The quantitative estimate of drug-likeness (QED) is 0.273. The second-order valence-corrected chi connectivity index (χ2v) is 5.70. The van der Waals surface area contributed by atoms with Crippen molar-refractivity contribution >= 4 is 17.2 Å². The summed E-state index contributed by atoms with van der Waals surface area (Å²) in [6.45, 7) is 20.6. The second kappa shape index (κ2) is 20.5. The van der Waals surface area contributed by atoms with Crippen molar-refractivity contribution in [3.8, 4) is 0 Å². The molecule has 0 fully saturated rings. The number of anilines is 2. The lowest BCUT2D eigenvalue weighted by Gasteiger charge is -2.10. The van der Waals surface area contributed by atoms with Gasteiger partial charge in [-0.2, -0.15) is 0 Å². The average Bonchev–Trinajstić information content (AvgIpc) is 2.77. The van der Waals surface area contributed by atoms with E-state index in [1.54, 1.807) is 6.08 Å². The van der Waals surface area contributed by atoms with Crippen LogP contribution in [0.4, 0.5) is 11.4 Å². The van der Waals surface area contributed by atoms with Gasteiger partial charge < -0.3 is 16.4 Å². The van der Waals surface area contributed by atoms with Crippen LogP contribution >= 0.6 is 0 Å². The molecule has 0 aliphatic carbocycles. The van der Waals surface area contributed by atoms with E-state index in [0.29, 0.717) is 6.54 Å². The molecule has 0 atom stereocenters. The van der Waals surface area contributed by atoms with E-state index in [0.717, 1.165) is 29.5 Å². The Hall–Kier alpha value is -3.27. The maximum atomic E-state index is 5.73. The van der Waals surface area contributed by atoms with Crippen LogP contribution in [0.25, 0.3) is 0 Å². The Morgan fingerprint density at radius 1 is 1.00 bits per heavy atom. The number of hydrogen-bond acceptors (Lipinski definition) is 3. The molecule has 2 aromatic carbocycles. The summed E-state index contributed by atoms with van der Waals surface area (Å²) in [5.74, 6) is 0.775. The van der Waals surface area contributed by atoms with Gasteiger partial charge in [0.05, 0.1) is 0 Å². The number of nitrogens with one attached hydrogen (secondary N) is 2. The standard InChI is InChI=1S/C19H24N4.C3H6.C2H6.C2H4/c1-3-21-19(13-15(2)20)23-18-11-9-17(10-12-18)22-14-16-7-5-4-6-8-16;1-3-2;2*1-2/h4-13,22H,3,14,20H2,1-2H3,(H,21,23);3H,1H2,2H3;1-2H3;1-2H2/b15-13+;;;. The predicted octanol–water partition coefficient (Wildman–Crippen LogP) is 7.01. The van der Waals surface area contributed by atoms with Gasteiger partial charge in [0.2, 0.25) is 0 Å². The van der Waals surface area contributed by atoms with Crippen molar-refractivity contribution in [3.63, 3.8) is 0 Å². The SMILES string of the molecule is C=C.C=CC.CC.CCN=C(/C=C(\C)N)Nc1ccc(NCc2ccccc2)cc1. The first-order valence-corrected chi connectivity index (χ1v) is 10.3. The van der Waals surface area contributed by atoms with E-state index in [1.165, 1.54) is 5.56 Å². The molecule has 0 saturated heterocycles. The number of rotatable bonds is 6. The van der Waals surface area contributed by atoms with E-state index in [-0.39, 0.29) is 0 Å². The minimum absolute atomic E-state index is 0.711. The molecule has 0 bridgehead atoms. The molecule has 0 aliphatic rings. The van der Waals surface area contributed by atoms with Crippen molar-refractivity contribution in [2.75, 3.05) is 17.2 Å². The van der Waals surface area contributed by atoms with Crippen LogP contribution in [0.3, 0.4) is 0 Å². The van der Waals surface area contributed by atoms with Crippen LogP contribution in [0.15, 0.2) is 97.2 Å². The molecule has 164 valence electrons. The van der Waals surface area contributed by atoms with Gasteiger partial charge in [-0.3, -0.25) is 4.99 Å². The smallest absolute Gasteiger partial charge is 0.126 e. The average molecular weight is 409 g/mol. The predicted molar refractivity (Wildman–Crippen MR) is 138 cm³/mol. The van der Waals surface area contributed by atoms with E-state index >= 15 is 0 Å². The fourth-order valence-electron chi connectivity index (χ4n) is 2.13. The number of hydrogen-bond donors (Lipinski definition) is 3. The lowest BCUT2D eigenvalue weighted by molar-refractivity contribution is 1.13. The number of aliphatic imine (C=N–C) groups is 1. The molecule has 4 heteroatoms. The van der Waals surface area contributed by atoms with Gasteiger partial charge in [0.1, 0.15) is 5.84 Å². The first-order chi connectivity index (χ1) is 14.6. The Kier molecular flexibility index (Phi) is 19.7. The van der Waals surface area contributed by atoms with Gasteiger partial charge >= 0.3 is 0 Å². The van der Waals surface area contributed by atoms with Gasteiger partial charge in [0, 0.05) is 30.2 Å². The van der Waals surface area contributed by atoms with Crippen LogP contribution in [-0.2, 0) is 6.54 Å².